The van der Waals surface area contributed by atoms with Crippen LogP contribution in [-0.4, -0.2) is 55.3 Å². The lowest BCUT2D eigenvalue weighted by atomic mass is 9.80. The summed E-state index contributed by atoms with van der Waals surface area (Å²) >= 11 is 0. The van der Waals surface area contributed by atoms with Gasteiger partial charge in [-0.2, -0.15) is 0 Å². The number of esters is 2. The van der Waals surface area contributed by atoms with Gasteiger partial charge in [0.05, 0.1) is 20.3 Å². The van der Waals surface area contributed by atoms with Crippen molar-refractivity contribution in [2.24, 2.45) is 11.8 Å². The number of benzene rings is 2. The molecule has 9 heteroatoms. The number of nitrogens with zero attached hydrogens (tertiary/aromatic N) is 1. The summed E-state index contributed by atoms with van der Waals surface area (Å²) in [5, 5.41) is 2.65. The highest BCUT2D eigenvalue weighted by Gasteiger charge is 2.35. The fourth-order valence-corrected chi connectivity index (χ4v) is 4.93. The lowest BCUT2D eigenvalue weighted by molar-refractivity contribution is -0.153. The predicted molar refractivity (Wildman–Crippen MR) is 147 cm³/mol. The van der Waals surface area contributed by atoms with Crippen LogP contribution >= 0.6 is 0 Å². The predicted octanol–water partition coefficient (Wildman–Crippen LogP) is 3.79. The number of amides is 1. The lowest BCUT2D eigenvalue weighted by Crippen LogP contribution is -2.46. The molecule has 1 saturated heterocycles. The van der Waals surface area contributed by atoms with E-state index >= 15 is 0 Å². The number of hydrogen-bond donors (Lipinski definition) is 1. The van der Waals surface area contributed by atoms with Crippen LogP contribution in [0.1, 0.15) is 35.5 Å². The van der Waals surface area contributed by atoms with Crippen LogP contribution in [-0.2, 0) is 31.9 Å². The van der Waals surface area contributed by atoms with E-state index in [2.05, 4.69) is 34.6 Å². The van der Waals surface area contributed by atoms with Gasteiger partial charge >= 0.3 is 11.9 Å². The van der Waals surface area contributed by atoms with E-state index in [-0.39, 0.29) is 35.6 Å². The van der Waals surface area contributed by atoms with Crippen molar-refractivity contribution >= 4 is 17.8 Å². The molecule has 0 aliphatic carbocycles. The number of hydrogen-bond acceptors (Lipinski definition) is 8. The maximum Gasteiger partial charge on any atom is 0.331 e. The molecule has 0 radical (unpaired) electrons. The van der Waals surface area contributed by atoms with Crippen molar-refractivity contribution in [2.45, 2.75) is 38.8 Å². The minimum Gasteiger partial charge on any atom is -0.493 e. The number of cyclic esters (lactones) is 1. The molecule has 1 aliphatic rings. The van der Waals surface area contributed by atoms with E-state index in [9.17, 15) is 14.4 Å². The van der Waals surface area contributed by atoms with Gasteiger partial charge in [0, 0.05) is 25.1 Å². The van der Waals surface area contributed by atoms with Crippen LogP contribution in [0.5, 0.6) is 11.5 Å². The van der Waals surface area contributed by atoms with Crippen LogP contribution in [0.3, 0.4) is 0 Å². The fraction of sp³-hybridized carbons (Fsp3) is 0.355. The Morgan fingerprint density at radius 3 is 2.25 bits per heavy atom. The quantitative estimate of drug-likeness (QED) is 0.425. The molecule has 1 aromatic heterocycles. The average Bonchev–Trinajstić information content (AvgIpc) is 2.99. The van der Waals surface area contributed by atoms with Crippen molar-refractivity contribution in [2.75, 3.05) is 20.3 Å². The molecule has 2 heterocycles. The largest absolute Gasteiger partial charge is 0.493 e. The first-order valence-corrected chi connectivity index (χ1v) is 13.2. The van der Waals surface area contributed by atoms with Gasteiger partial charge in [-0.3, -0.25) is 9.59 Å². The Hall–Kier alpha value is -4.24. The maximum atomic E-state index is 13.3. The van der Waals surface area contributed by atoms with Crippen molar-refractivity contribution in [3.63, 3.8) is 0 Å². The van der Waals surface area contributed by atoms with Gasteiger partial charge in [-0.25, -0.2) is 9.78 Å². The Labute approximate surface area is 233 Å². The van der Waals surface area contributed by atoms with Gasteiger partial charge in [0.2, 0.25) is 5.75 Å². The van der Waals surface area contributed by atoms with E-state index in [0.717, 1.165) is 12.0 Å². The molecule has 3 aromatic rings. The highest BCUT2D eigenvalue weighted by molar-refractivity contribution is 5.98. The first-order valence-electron chi connectivity index (χ1n) is 13.2. The molecule has 9 nitrogen and oxygen atoms in total. The van der Waals surface area contributed by atoms with Crippen LogP contribution in [0.25, 0.3) is 0 Å². The Morgan fingerprint density at radius 2 is 1.62 bits per heavy atom. The molecule has 1 aliphatic heterocycles. The first kappa shape index (κ1) is 28.8. The van der Waals surface area contributed by atoms with Gasteiger partial charge in [0.15, 0.2) is 17.5 Å². The second-order valence-corrected chi connectivity index (χ2v) is 9.79. The molecule has 210 valence electrons. The monoisotopic (exact) mass is 546 g/mol. The van der Waals surface area contributed by atoms with Gasteiger partial charge in [-0.05, 0) is 36.8 Å². The number of methoxy groups -OCH3 is 1. The third-order valence-electron chi connectivity index (χ3n) is 6.92. The van der Waals surface area contributed by atoms with E-state index in [1.165, 1.54) is 31.9 Å². The second kappa shape index (κ2) is 13.7. The minimum absolute atomic E-state index is 0.0309. The number of nitrogens with one attached hydrogen (secondary N) is 1. The third kappa shape index (κ3) is 7.45. The molecule has 4 atom stereocenters. The maximum absolute atomic E-state index is 13.3. The zero-order valence-corrected chi connectivity index (χ0v) is 22.9. The second-order valence-electron chi connectivity index (χ2n) is 9.79. The summed E-state index contributed by atoms with van der Waals surface area (Å²) in [7, 11) is 1.38. The number of aromatic nitrogens is 1. The van der Waals surface area contributed by atoms with Gasteiger partial charge < -0.3 is 24.3 Å². The third-order valence-corrected chi connectivity index (χ3v) is 6.92. The van der Waals surface area contributed by atoms with Gasteiger partial charge in [-0.15, -0.1) is 0 Å². The molecule has 1 amide bonds. The van der Waals surface area contributed by atoms with Gasteiger partial charge in [0.25, 0.3) is 5.91 Å². The Bertz CT molecular complexity index is 1300. The van der Waals surface area contributed by atoms with Crippen molar-refractivity contribution in [1.82, 2.24) is 10.3 Å². The Morgan fingerprint density at radius 1 is 0.975 bits per heavy atom. The van der Waals surface area contributed by atoms with Crippen LogP contribution in [0.15, 0.2) is 72.9 Å². The van der Waals surface area contributed by atoms with E-state index < -0.39 is 30.0 Å². The van der Waals surface area contributed by atoms with Crippen LogP contribution in [0, 0.1) is 11.8 Å². The SMILES string of the molecule is COc1ccnc(C(=O)N[C@H]2COC[C@H](Cc3ccccc3)[C@@H](Cc3ccccc3)[C@H](C)OC2=O)c1OC(C)=O. The van der Waals surface area contributed by atoms with E-state index in [1.807, 2.05) is 43.3 Å². The summed E-state index contributed by atoms with van der Waals surface area (Å²) in [4.78, 5) is 42.2. The molecular formula is C31H34N2O7. The molecule has 2 aromatic carbocycles. The molecule has 0 saturated carbocycles. The smallest absolute Gasteiger partial charge is 0.331 e. The molecule has 0 bridgehead atoms. The van der Waals surface area contributed by atoms with Crippen molar-refractivity contribution in [1.29, 1.82) is 0 Å². The summed E-state index contributed by atoms with van der Waals surface area (Å²) in [6.07, 6.45) is 2.35. The normalized spacial score (nSPS) is 21.2. The summed E-state index contributed by atoms with van der Waals surface area (Å²) in [5.74, 6) is -1.94. The molecule has 40 heavy (non-hydrogen) atoms. The summed E-state index contributed by atoms with van der Waals surface area (Å²) in [5.41, 5.74) is 2.11. The lowest BCUT2D eigenvalue weighted by Gasteiger charge is -2.31. The summed E-state index contributed by atoms with van der Waals surface area (Å²) in [6.45, 7) is 3.37. The van der Waals surface area contributed by atoms with Crippen LogP contribution in [0.4, 0.5) is 0 Å². The molecular weight excluding hydrogens is 512 g/mol. The number of carbonyl (C=O) groups is 3. The standard InChI is InChI=1S/C31H34N2O7/c1-20-25(17-23-12-8-5-9-13-23)24(16-22-10-6-4-7-11-22)18-38-19-26(31(36)39-20)33-30(35)28-29(40-21(2)34)27(37-3)14-15-32-28/h4-15,20,24-26H,16-19H2,1-3H3,(H,33,35)/t20-,24-,25-,26-/m0/s1. The fourth-order valence-electron chi connectivity index (χ4n) is 4.93. The van der Waals surface area contributed by atoms with Crippen LogP contribution < -0.4 is 14.8 Å². The molecule has 4 rings (SSSR count). The van der Waals surface area contributed by atoms with Crippen molar-refractivity contribution in [3.05, 3.63) is 89.7 Å². The average molecular weight is 547 g/mol. The van der Waals surface area contributed by atoms with Gasteiger partial charge in [0.1, 0.15) is 6.10 Å². The number of pyridine rings is 1. The highest BCUT2D eigenvalue weighted by Crippen LogP contribution is 2.31. The molecule has 1 N–H and O–H groups in total. The first-order chi connectivity index (χ1) is 19.4. The Kier molecular flexibility index (Phi) is 9.86. The van der Waals surface area contributed by atoms with E-state index in [0.29, 0.717) is 13.0 Å². The minimum atomic E-state index is -1.10. The zero-order valence-electron chi connectivity index (χ0n) is 22.9. The Balaban J connectivity index is 1.56. The molecule has 0 spiro atoms. The van der Waals surface area contributed by atoms with E-state index in [4.69, 9.17) is 18.9 Å². The number of rotatable bonds is 8. The number of carbonyl (C=O) groups excluding carboxylic acids is 3. The number of ether oxygens (including phenoxy) is 4. The summed E-state index contributed by atoms with van der Waals surface area (Å²) < 4.78 is 22.4. The topological polar surface area (TPSA) is 113 Å². The molecule has 0 unspecified atom stereocenters. The zero-order chi connectivity index (χ0) is 28.5. The highest BCUT2D eigenvalue weighted by atomic mass is 16.6. The van der Waals surface area contributed by atoms with Crippen molar-refractivity contribution < 1.29 is 33.3 Å². The van der Waals surface area contributed by atoms with Crippen LogP contribution in [0.2, 0.25) is 0 Å². The summed E-state index contributed by atoms with van der Waals surface area (Å²) in [6, 6.07) is 20.6. The van der Waals surface area contributed by atoms with E-state index in [1.54, 1.807) is 0 Å². The van der Waals surface area contributed by atoms with Crippen molar-refractivity contribution in [3.8, 4) is 11.5 Å². The van der Waals surface area contributed by atoms with Gasteiger partial charge in [-0.1, -0.05) is 60.7 Å². The molecule has 1 fully saturated rings.